The Morgan fingerprint density at radius 1 is 1.13 bits per heavy atom. The van der Waals surface area contributed by atoms with Gasteiger partial charge in [-0.1, -0.05) is 6.07 Å². The number of aliphatic imine (C=N–C) groups is 1. The van der Waals surface area contributed by atoms with Gasteiger partial charge in [0.05, 0.1) is 23.3 Å². The summed E-state index contributed by atoms with van der Waals surface area (Å²) < 4.78 is 0. The summed E-state index contributed by atoms with van der Waals surface area (Å²) in [5.41, 5.74) is 3.88. The zero-order chi connectivity index (χ0) is 21.6. The minimum Gasteiger partial charge on any atom is -0.384 e. The van der Waals surface area contributed by atoms with E-state index in [2.05, 4.69) is 20.3 Å². The van der Waals surface area contributed by atoms with E-state index in [1.807, 2.05) is 42.6 Å². The second kappa shape index (κ2) is 7.14. The number of H-pyrrole nitrogens is 1. The molecule has 31 heavy (non-hydrogen) atoms. The quantitative estimate of drug-likeness (QED) is 0.473. The molecular weight excluding hydrogens is 390 g/mol. The molecule has 0 atom stereocenters. The smallest absolute Gasteiger partial charge is 0.259 e. The SMILES string of the molecule is CC(C)(O)c1ccc(-c2cc3cc[nH]c(=O)c3c(Nc3ccc4c(c3)C=NC4)n2)cn1. The molecule has 0 radical (unpaired) electrons. The Morgan fingerprint density at radius 3 is 2.77 bits per heavy atom. The molecule has 0 spiro atoms. The number of pyridine rings is 3. The van der Waals surface area contributed by atoms with Crippen LogP contribution in [0.1, 0.15) is 30.7 Å². The highest BCUT2D eigenvalue weighted by Crippen LogP contribution is 2.29. The maximum absolute atomic E-state index is 12.6. The van der Waals surface area contributed by atoms with E-state index >= 15 is 0 Å². The molecule has 0 bridgehead atoms. The maximum Gasteiger partial charge on any atom is 0.259 e. The van der Waals surface area contributed by atoms with Gasteiger partial charge in [0.2, 0.25) is 0 Å². The van der Waals surface area contributed by atoms with E-state index in [-0.39, 0.29) is 5.56 Å². The number of nitrogens with zero attached hydrogens (tertiary/aromatic N) is 3. The van der Waals surface area contributed by atoms with Crippen molar-refractivity contribution in [1.82, 2.24) is 15.0 Å². The normalized spacial score (nSPS) is 12.9. The van der Waals surface area contributed by atoms with Crippen LogP contribution < -0.4 is 10.9 Å². The lowest BCUT2D eigenvalue weighted by molar-refractivity contribution is 0.0739. The minimum absolute atomic E-state index is 0.211. The van der Waals surface area contributed by atoms with E-state index in [1.54, 1.807) is 32.3 Å². The van der Waals surface area contributed by atoms with Gasteiger partial charge in [-0.3, -0.25) is 14.8 Å². The summed E-state index contributed by atoms with van der Waals surface area (Å²) in [5.74, 6) is 0.468. The molecule has 4 heterocycles. The average molecular weight is 411 g/mol. The Bertz CT molecular complexity index is 1380. The molecule has 1 aliphatic rings. The topological polar surface area (TPSA) is 103 Å². The number of aliphatic hydroxyl groups is 1. The number of aromatic nitrogens is 3. The van der Waals surface area contributed by atoms with Gasteiger partial charge in [0.1, 0.15) is 11.4 Å². The number of nitrogens with one attached hydrogen (secondary N) is 2. The second-order valence-corrected chi connectivity index (χ2v) is 8.13. The largest absolute Gasteiger partial charge is 0.384 e. The molecule has 1 aromatic carbocycles. The third-order valence-electron chi connectivity index (χ3n) is 5.34. The van der Waals surface area contributed by atoms with E-state index in [0.717, 1.165) is 22.2 Å². The molecule has 7 heteroatoms. The minimum atomic E-state index is -1.02. The van der Waals surface area contributed by atoms with Crippen LogP contribution in [-0.2, 0) is 12.1 Å². The molecule has 7 nitrogen and oxygen atoms in total. The summed E-state index contributed by atoms with van der Waals surface area (Å²) in [6, 6.07) is 13.4. The Morgan fingerprint density at radius 2 is 2.00 bits per heavy atom. The van der Waals surface area contributed by atoms with E-state index in [1.165, 1.54) is 5.56 Å². The molecule has 154 valence electrons. The molecule has 0 saturated carbocycles. The monoisotopic (exact) mass is 411 g/mol. The number of benzene rings is 1. The predicted molar refractivity (Wildman–Crippen MR) is 122 cm³/mol. The maximum atomic E-state index is 12.6. The van der Waals surface area contributed by atoms with Crippen LogP contribution in [0.15, 0.2) is 64.6 Å². The molecule has 0 aliphatic carbocycles. The van der Waals surface area contributed by atoms with E-state index in [0.29, 0.717) is 29.1 Å². The van der Waals surface area contributed by atoms with Crippen molar-refractivity contribution < 1.29 is 5.11 Å². The van der Waals surface area contributed by atoms with Crippen molar-refractivity contribution in [3.8, 4) is 11.3 Å². The number of rotatable bonds is 4. The van der Waals surface area contributed by atoms with Crippen LogP contribution in [0.5, 0.6) is 0 Å². The predicted octanol–water partition coefficient (Wildman–Crippen LogP) is 3.89. The van der Waals surface area contributed by atoms with E-state index < -0.39 is 5.60 Å². The molecule has 0 saturated heterocycles. The molecule has 3 aromatic heterocycles. The fourth-order valence-electron chi connectivity index (χ4n) is 3.68. The lowest BCUT2D eigenvalue weighted by atomic mass is 10.0. The number of hydrogen-bond donors (Lipinski definition) is 3. The first-order chi connectivity index (χ1) is 14.9. The van der Waals surface area contributed by atoms with Gasteiger partial charge < -0.3 is 15.4 Å². The van der Waals surface area contributed by atoms with Crippen LogP contribution in [0.2, 0.25) is 0 Å². The number of hydrogen-bond acceptors (Lipinski definition) is 6. The van der Waals surface area contributed by atoms with E-state index in [9.17, 15) is 9.90 Å². The molecule has 4 aromatic rings. The molecule has 0 amide bonds. The van der Waals surface area contributed by atoms with Crippen molar-refractivity contribution >= 4 is 28.5 Å². The Kier molecular flexibility index (Phi) is 4.41. The first-order valence-corrected chi connectivity index (χ1v) is 10.00. The van der Waals surface area contributed by atoms with Gasteiger partial charge >= 0.3 is 0 Å². The number of fused-ring (bicyclic) bond motifs is 2. The molecule has 0 unspecified atom stereocenters. The van der Waals surface area contributed by atoms with Gasteiger partial charge in [0.25, 0.3) is 5.56 Å². The Hall–Kier alpha value is -3.84. The summed E-state index contributed by atoms with van der Waals surface area (Å²) in [6.07, 6.45) is 5.16. The summed E-state index contributed by atoms with van der Waals surface area (Å²) in [6.45, 7) is 4.08. The fourth-order valence-corrected chi connectivity index (χ4v) is 3.68. The van der Waals surface area contributed by atoms with Crippen LogP contribution >= 0.6 is 0 Å². The molecule has 5 rings (SSSR count). The summed E-state index contributed by atoms with van der Waals surface area (Å²) >= 11 is 0. The van der Waals surface area contributed by atoms with Crippen molar-refractivity contribution in [3.63, 3.8) is 0 Å². The van der Waals surface area contributed by atoms with Crippen LogP contribution in [0.25, 0.3) is 22.0 Å². The zero-order valence-corrected chi connectivity index (χ0v) is 17.2. The first-order valence-electron chi connectivity index (χ1n) is 10.00. The Labute approximate surface area is 178 Å². The van der Waals surface area contributed by atoms with Gasteiger partial charge in [0.15, 0.2) is 0 Å². The molecular formula is C24H21N5O2. The zero-order valence-electron chi connectivity index (χ0n) is 17.2. The van der Waals surface area contributed by atoms with E-state index in [4.69, 9.17) is 4.98 Å². The van der Waals surface area contributed by atoms with Crippen molar-refractivity contribution in [2.24, 2.45) is 4.99 Å². The van der Waals surface area contributed by atoms with Crippen molar-refractivity contribution in [2.45, 2.75) is 26.0 Å². The van der Waals surface area contributed by atoms with Crippen LogP contribution in [0.4, 0.5) is 11.5 Å². The standard InChI is InChI=1S/C24H21N5O2/c1-24(2,31)20-6-4-16(13-27-20)19-10-14-7-8-26-23(30)21(14)22(29-19)28-18-5-3-15-11-25-12-17(15)9-18/h3-10,12-13,31H,11H2,1-2H3,(H,26,30)(H,28,29). The lowest BCUT2D eigenvalue weighted by Crippen LogP contribution is -2.17. The highest BCUT2D eigenvalue weighted by Gasteiger charge is 2.18. The van der Waals surface area contributed by atoms with Crippen LogP contribution in [0, 0.1) is 0 Å². The second-order valence-electron chi connectivity index (χ2n) is 8.13. The highest BCUT2D eigenvalue weighted by molar-refractivity contribution is 5.95. The lowest BCUT2D eigenvalue weighted by Gasteiger charge is -2.16. The number of aromatic amines is 1. The molecule has 1 aliphatic heterocycles. The highest BCUT2D eigenvalue weighted by atomic mass is 16.3. The van der Waals surface area contributed by atoms with Gasteiger partial charge in [-0.25, -0.2) is 4.98 Å². The van der Waals surface area contributed by atoms with Crippen molar-refractivity contribution in [1.29, 1.82) is 0 Å². The molecule has 3 N–H and O–H groups in total. The van der Waals surface area contributed by atoms with Gasteiger partial charge in [-0.2, -0.15) is 0 Å². The third kappa shape index (κ3) is 3.60. The first kappa shape index (κ1) is 19.1. The average Bonchev–Trinajstić information content (AvgIpc) is 3.21. The molecule has 0 fully saturated rings. The summed E-state index contributed by atoms with van der Waals surface area (Å²) in [5, 5.41) is 14.7. The van der Waals surface area contributed by atoms with Crippen LogP contribution in [-0.4, -0.2) is 26.3 Å². The van der Waals surface area contributed by atoms with Gasteiger partial charge in [-0.05, 0) is 66.8 Å². The third-order valence-corrected chi connectivity index (χ3v) is 5.34. The van der Waals surface area contributed by atoms with Crippen molar-refractivity contribution in [3.05, 3.63) is 82.0 Å². The van der Waals surface area contributed by atoms with Crippen LogP contribution in [0.3, 0.4) is 0 Å². The summed E-state index contributed by atoms with van der Waals surface area (Å²) in [7, 11) is 0. The van der Waals surface area contributed by atoms with Gasteiger partial charge in [0, 0.05) is 29.9 Å². The van der Waals surface area contributed by atoms with Crippen molar-refractivity contribution in [2.75, 3.05) is 5.32 Å². The Balaban J connectivity index is 1.61. The number of anilines is 2. The fraction of sp³-hybridized carbons (Fsp3) is 0.167. The van der Waals surface area contributed by atoms with Gasteiger partial charge in [-0.15, -0.1) is 0 Å². The summed E-state index contributed by atoms with van der Waals surface area (Å²) in [4.78, 5) is 28.7.